The second-order valence-corrected chi connectivity index (χ2v) is 20.5. The molecule has 1 saturated heterocycles. The summed E-state index contributed by atoms with van der Waals surface area (Å²) in [5.41, 5.74) is 28.6. The van der Waals surface area contributed by atoms with E-state index in [1.165, 1.54) is 17.0 Å². The number of hydrogen-bond donors (Lipinski definition) is 11. The minimum absolute atomic E-state index is 0.0195. The maximum Gasteiger partial charge on any atom is 0.321 e. The normalized spacial score (nSPS) is 16.8. The Hall–Kier alpha value is -5.79. The topological polar surface area (TPSA) is 410 Å². The molecule has 1 unspecified atom stereocenters. The van der Waals surface area contributed by atoms with Crippen LogP contribution in [0.25, 0.3) is 0 Å². The van der Waals surface area contributed by atoms with E-state index >= 15 is 0 Å². The van der Waals surface area contributed by atoms with Crippen LogP contribution >= 0.6 is 21.6 Å². The number of likely N-dealkylation sites (tertiary alicyclic amines) is 1. The Labute approximate surface area is 414 Å². The fourth-order valence-corrected chi connectivity index (χ4v) is 9.91. The summed E-state index contributed by atoms with van der Waals surface area (Å²) in [7, 11) is 2.04. The lowest BCUT2D eigenvalue weighted by Crippen LogP contribution is -2.55. The van der Waals surface area contributed by atoms with Gasteiger partial charge >= 0.3 is 5.97 Å². The Kier molecular flexibility index (Phi) is 25.9. The highest BCUT2D eigenvalue weighted by Gasteiger charge is 2.41. The first kappa shape index (κ1) is 60.3. The van der Waals surface area contributed by atoms with E-state index < -0.39 is 145 Å². The predicted molar refractivity (Wildman–Crippen MR) is 260 cm³/mol. The predicted octanol–water partition coefficient (Wildman–Crippen LogP) is -1.51. The molecule has 0 saturated carbocycles. The van der Waals surface area contributed by atoms with Gasteiger partial charge in [0.05, 0.1) is 37.0 Å². The molecule has 390 valence electrons. The van der Waals surface area contributed by atoms with E-state index in [4.69, 9.17) is 28.7 Å². The van der Waals surface area contributed by atoms with E-state index in [1.807, 2.05) is 13.8 Å². The molecule has 1 aromatic rings. The van der Waals surface area contributed by atoms with Gasteiger partial charge in [-0.25, -0.2) is 0 Å². The summed E-state index contributed by atoms with van der Waals surface area (Å²) >= 11 is 0. The Morgan fingerprint density at radius 2 is 1.37 bits per heavy atom. The number of nitrogens with one attached hydrogen (secondary N) is 4. The Morgan fingerprint density at radius 1 is 0.743 bits per heavy atom. The van der Waals surface area contributed by atoms with Crippen LogP contribution in [0.1, 0.15) is 91.0 Å². The first-order valence-corrected chi connectivity index (χ1v) is 25.5. The van der Waals surface area contributed by atoms with Crippen molar-refractivity contribution in [3.63, 3.8) is 0 Å². The number of carboxylic acids is 1. The SMILES string of the molecule is CC[C@H](C)C(NC(=O)[C@@H](N)Cc1ccc(O)cc1)C(=O)C[C@@H](CCC(N)=O)C(=O)N[C@@H](CC(N)=O)C(=O)C[C@@H](CSSC[C@H](N)C(=O)O)C(=O)N1CCC[C@H]1C(=O)N[C@@H](CC(C)C)C(=O)NCC(N)=O. The molecule has 1 aliphatic heterocycles. The molecule has 1 fully saturated rings. The number of ketones is 2. The van der Waals surface area contributed by atoms with Gasteiger partial charge in [-0.15, -0.1) is 0 Å². The number of phenols is 1. The number of primary amides is 3. The second-order valence-electron chi connectivity index (χ2n) is 17.9. The highest BCUT2D eigenvalue weighted by Crippen LogP contribution is 2.30. The first-order chi connectivity index (χ1) is 32.8. The molecule has 0 radical (unpaired) electrons. The molecule has 0 bridgehead atoms. The highest BCUT2D eigenvalue weighted by molar-refractivity contribution is 8.76. The van der Waals surface area contributed by atoms with E-state index in [0.717, 1.165) is 21.6 Å². The number of phenolic OH excluding ortho intramolecular Hbond substituents is 1. The van der Waals surface area contributed by atoms with E-state index in [0.29, 0.717) is 18.4 Å². The number of benzene rings is 1. The summed E-state index contributed by atoms with van der Waals surface area (Å²) in [4.78, 5) is 145. The average Bonchev–Trinajstić information content (AvgIpc) is 3.79. The summed E-state index contributed by atoms with van der Waals surface area (Å²) in [6.45, 7) is 6.72. The van der Waals surface area contributed by atoms with Crippen LogP contribution in [0, 0.1) is 23.7 Å². The molecular formula is C45H70N10O13S2. The lowest BCUT2D eigenvalue weighted by molar-refractivity contribution is -0.143. The third-order valence-corrected chi connectivity index (χ3v) is 14.1. The highest BCUT2D eigenvalue weighted by atomic mass is 33.1. The molecule has 1 aliphatic rings. The van der Waals surface area contributed by atoms with Crippen LogP contribution in [0.15, 0.2) is 24.3 Å². The van der Waals surface area contributed by atoms with Crippen molar-refractivity contribution in [2.75, 3.05) is 24.6 Å². The maximum atomic E-state index is 14.4. The molecule has 1 heterocycles. The van der Waals surface area contributed by atoms with E-state index in [2.05, 4.69) is 21.3 Å². The molecule has 16 N–H and O–H groups in total. The monoisotopic (exact) mass is 1020 g/mol. The van der Waals surface area contributed by atoms with Crippen molar-refractivity contribution in [1.82, 2.24) is 26.2 Å². The van der Waals surface area contributed by atoms with Gasteiger partial charge in [0.2, 0.25) is 47.3 Å². The second kappa shape index (κ2) is 30.1. The summed E-state index contributed by atoms with van der Waals surface area (Å²) in [6.07, 6.45) is -1.34. The number of rotatable bonds is 33. The summed E-state index contributed by atoms with van der Waals surface area (Å²) in [6, 6.07) is -1.28. The quantitative estimate of drug-likeness (QED) is 0.0281. The van der Waals surface area contributed by atoms with Gasteiger partial charge in [0.25, 0.3) is 0 Å². The lowest BCUT2D eigenvalue weighted by Gasteiger charge is -2.30. The first-order valence-electron chi connectivity index (χ1n) is 23.0. The zero-order valence-electron chi connectivity index (χ0n) is 40.0. The molecule has 70 heavy (non-hydrogen) atoms. The fourth-order valence-electron chi connectivity index (χ4n) is 7.49. The van der Waals surface area contributed by atoms with Crippen LogP contribution in [0.2, 0.25) is 0 Å². The number of hydrogen-bond acceptors (Lipinski definition) is 16. The van der Waals surface area contributed by atoms with Gasteiger partial charge < -0.3 is 65.0 Å². The molecule has 0 aliphatic carbocycles. The number of nitrogens with zero attached hydrogens (tertiary/aromatic N) is 1. The van der Waals surface area contributed by atoms with Gasteiger partial charge in [-0.3, -0.25) is 52.7 Å². The number of nitrogens with two attached hydrogens (primary N) is 5. The summed E-state index contributed by atoms with van der Waals surface area (Å²) < 4.78 is 0. The molecule has 1 aromatic carbocycles. The van der Waals surface area contributed by atoms with Gasteiger partial charge in [-0.05, 0) is 61.6 Å². The maximum absolute atomic E-state index is 14.4. The molecular weight excluding hydrogens is 953 g/mol. The van der Waals surface area contributed by atoms with Crippen LogP contribution in [0.5, 0.6) is 5.75 Å². The number of aromatic hydroxyl groups is 1. The van der Waals surface area contributed by atoms with Crippen LogP contribution in [0.4, 0.5) is 0 Å². The largest absolute Gasteiger partial charge is 0.508 e. The van der Waals surface area contributed by atoms with Crippen molar-refractivity contribution in [2.24, 2.45) is 52.3 Å². The minimum atomic E-state index is -1.65. The molecule has 0 spiro atoms. The zero-order valence-corrected chi connectivity index (χ0v) is 41.7. The molecule has 8 amide bonds. The van der Waals surface area contributed by atoms with E-state index in [1.54, 1.807) is 26.0 Å². The third-order valence-electron chi connectivity index (χ3n) is 11.6. The third kappa shape index (κ3) is 21.1. The number of aliphatic carboxylic acids is 1. The number of carboxylic acid groups (broad SMARTS) is 1. The Bertz CT molecular complexity index is 2030. The van der Waals surface area contributed by atoms with Crippen molar-refractivity contribution < 1.29 is 63.0 Å². The van der Waals surface area contributed by atoms with Crippen molar-refractivity contribution >= 4 is 86.4 Å². The van der Waals surface area contributed by atoms with Crippen molar-refractivity contribution in [3.05, 3.63) is 29.8 Å². The van der Waals surface area contributed by atoms with E-state index in [9.17, 15) is 63.0 Å². The number of carbonyl (C=O) groups excluding carboxylic acids is 10. The van der Waals surface area contributed by atoms with Gasteiger partial charge in [-0.2, -0.15) is 0 Å². The van der Waals surface area contributed by atoms with Gasteiger partial charge in [-0.1, -0.05) is 67.8 Å². The van der Waals surface area contributed by atoms with Crippen molar-refractivity contribution in [2.45, 2.75) is 128 Å². The van der Waals surface area contributed by atoms with Crippen LogP contribution in [0.3, 0.4) is 0 Å². The van der Waals surface area contributed by atoms with Crippen LogP contribution in [-0.4, -0.2) is 141 Å². The number of Topliss-reactive ketones (excluding diaryl/α,β-unsaturated/α-hetero) is 2. The van der Waals surface area contributed by atoms with Gasteiger partial charge in [0.15, 0.2) is 11.6 Å². The van der Waals surface area contributed by atoms with Crippen LogP contribution < -0.4 is 49.9 Å². The van der Waals surface area contributed by atoms with Crippen LogP contribution in [-0.2, 0) is 59.2 Å². The average molecular weight is 1020 g/mol. The lowest BCUT2D eigenvalue weighted by atomic mass is 9.87. The molecule has 9 atom stereocenters. The standard InChI is InChI=1S/C45H70N10O13S2/c1-5-24(4)39(54-41(63)29(46)16-25-8-11-28(56)12-9-25)35(58)17-26(10-13-36(48)59)40(62)52-31(19-37(49)60)34(57)18-27(21-69-70-22-30(47)45(67)68)44(66)55-14-6-7-33(55)43(65)53-32(15-23(2)3)42(64)51-20-38(50)61/h8-9,11-12,23-24,26-27,29-33,39,56H,5-7,10,13-22,46-47H2,1-4H3,(H2,48,59)(H2,49,60)(H2,50,61)(H,51,64)(H,52,62)(H,53,65)(H,54,63)(H,67,68)/t24-,26+,27-,29-,30-,31-,32-,33-,39?/m0/s1. The minimum Gasteiger partial charge on any atom is -0.508 e. The van der Waals surface area contributed by atoms with Gasteiger partial charge in [0, 0.05) is 43.2 Å². The zero-order chi connectivity index (χ0) is 52.8. The summed E-state index contributed by atoms with van der Waals surface area (Å²) in [5, 5.41) is 29.1. The summed E-state index contributed by atoms with van der Waals surface area (Å²) in [5.74, 6) is -12.2. The van der Waals surface area contributed by atoms with Crippen molar-refractivity contribution in [1.29, 1.82) is 0 Å². The fraction of sp³-hybridized carbons (Fsp3) is 0.622. The molecule has 25 heteroatoms. The molecule has 2 rings (SSSR count). The Morgan fingerprint density at radius 3 is 1.94 bits per heavy atom. The van der Waals surface area contributed by atoms with E-state index in [-0.39, 0.29) is 61.8 Å². The number of amides is 8. The van der Waals surface area contributed by atoms with Gasteiger partial charge in [0.1, 0.15) is 23.9 Å². The molecule has 0 aromatic heterocycles. The smallest absolute Gasteiger partial charge is 0.321 e. The molecule has 23 nitrogen and oxygen atoms in total. The number of carbonyl (C=O) groups is 11. The Balaban J connectivity index is 2.41. The van der Waals surface area contributed by atoms with Crippen molar-refractivity contribution in [3.8, 4) is 5.75 Å².